The molecule has 10 aromatic rings. The second-order valence-corrected chi connectivity index (χ2v) is 15.7. The first-order valence-electron chi connectivity index (χ1n) is 20.7. The van der Waals surface area contributed by atoms with Crippen molar-refractivity contribution < 1.29 is 0 Å². The fraction of sp³-hybridized carbons (Fsp3) is 0.0556. The number of anilines is 3. The Kier molecular flexibility index (Phi) is 8.03. The average Bonchev–Trinajstić information content (AvgIpc) is 3.82. The van der Waals surface area contributed by atoms with E-state index in [4.69, 9.17) is 4.99 Å². The minimum atomic E-state index is -0.193. The summed E-state index contributed by atoms with van der Waals surface area (Å²) >= 11 is 0. The highest BCUT2D eigenvalue weighted by Gasteiger charge is 2.29. The SMILES string of the molecule is c1ccc(C2N=C(c3cccc(Cn4c5ccccc5c5ccc6c(cc7n6-c6ccccc6N(c6ccccc6)c6ccccc6-7)c54)c3)NC(c3ccccc3)N2)cc1. The minimum Gasteiger partial charge on any atom is -0.350 e. The van der Waals surface area contributed by atoms with Gasteiger partial charge in [0.1, 0.15) is 18.2 Å². The van der Waals surface area contributed by atoms with Crippen LogP contribution in [0.4, 0.5) is 17.1 Å². The van der Waals surface area contributed by atoms with E-state index in [2.05, 4.69) is 231 Å². The van der Waals surface area contributed by atoms with Gasteiger partial charge in [-0.2, -0.15) is 0 Å². The monoisotopic (exact) mass is 772 g/mol. The summed E-state index contributed by atoms with van der Waals surface area (Å²) in [5, 5.41) is 11.2. The third kappa shape index (κ3) is 5.57. The van der Waals surface area contributed by atoms with Crippen molar-refractivity contribution in [3.63, 3.8) is 0 Å². The van der Waals surface area contributed by atoms with Crippen molar-refractivity contribution in [2.75, 3.05) is 4.90 Å². The first kappa shape index (κ1) is 34.4. The van der Waals surface area contributed by atoms with E-state index in [-0.39, 0.29) is 12.3 Å². The van der Waals surface area contributed by atoms with Crippen LogP contribution in [-0.2, 0) is 6.54 Å². The molecule has 4 heterocycles. The summed E-state index contributed by atoms with van der Waals surface area (Å²) in [4.78, 5) is 7.67. The maximum atomic E-state index is 5.26. The van der Waals surface area contributed by atoms with Crippen molar-refractivity contribution in [1.29, 1.82) is 0 Å². The molecule has 2 atom stereocenters. The van der Waals surface area contributed by atoms with Crippen LogP contribution in [0.3, 0.4) is 0 Å². The lowest BCUT2D eigenvalue weighted by atomic mass is 10.1. The molecule has 60 heavy (non-hydrogen) atoms. The third-order valence-corrected chi connectivity index (χ3v) is 12.2. The molecule has 2 unspecified atom stereocenters. The third-order valence-electron chi connectivity index (χ3n) is 12.2. The predicted molar refractivity (Wildman–Crippen MR) is 247 cm³/mol. The Hall–Kier alpha value is -7.67. The van der Waals surface area contributed by atoms with Gasteiger partial charge in [0, 0.05) is 45.0 Å². The second kappa shape index (κ2) is 14.0. The van der Waals surface area contributed by atoms with E-state index in [0.717, 1.165) is 39.7 Å². The van der Waals surface area contributed by atoms with Crippen LogP contribution >= 0.6 is 0 Å². The van der Waals surface area contributed by atoms with Crippen LogP contribution in [0.2, 0.25) is 0 Å². The van der Waals surface area contributed by atoms with Crippen LogP contribution in [0.25, 0.3) is 49.7 Å². The summed E-state index contributed by atoms with van der Waals surface area (Å²) in [7, 11) is 0. The van der Waals surface area contributed by atoms with E-state index in [9.17, 15) is 0 Å². The van der Waals surface area contributed by atoms with Crippen LogP contribution in [0.5, 0.6) is 0 Å². The van der Waals surface area contributed by atoms with Crippen LogP contribution < -0.4 is 15.5 Å². The number of nitrogens with zero attached hydrogens (tertiary/aromatic N) is 4. The molecule has 0 fully saturated rings. The Morgan fingerprint density at radius 2 is 1.18 bits per heavy atom. The van der Waals surface area contributed by atoms with Gasteiger partial charge >= 0.3 is 0 Å². The molecule has 0 spiro atoms. The number of benzene rings is 8. The molecule has 0 bridgehead atoms. The van der Waals surface area contributed by atoms with Gasteiger partial charge in [0.25, 0.3) is 0 Å². The summed E-state index contributed by atoms with van der Waals surface area (Å²) in [5.74, 6) is 0.876. The number of fused-ring (bicyclic) bond motifs is 11. The molecule has 6 nitrogen and oxygen atoms in total. The Labute approximate surface area is 348 Å². The maximum absolute atomic E-state index is 5.26. The van der Waals surface area contributed by atoms with Gasteiger partial charge in [-0.05, 0) is 71.3 Å². The first-order valence-corrected chi connectivity index (χ1v) is 20.7. The van der Waals surface area contributed by atoms with Gasteiger partial charge in [-0.1, -0.05) is 152 Å². The molecular formula is C54H40N6. The molecule has 0 radical (unpaired) electrons. The molecule has 2 aliphatic rings. The van der Waals surface area contributed by atoms with E-state index in [1.54, 1.807) is 0 Å². The molecule has 0 aliphatic carbocycles. The van der Waals surface area contributed by atoms with Crippen molar-refractivity contribution in [2.24, 2.45) is 4.99 Å². The second-order valence-electron chi connectivity index (χ2n) is 15.7. The molecular weight excluding hydrogens is 733 g/mol. The molecule has 0 saturated heterocycles. The number of aromatic nitrogens is 2. The van der Waals surface area contributed by atoms with E-state index in [0.29, 0.717) is 6.54 Å². The smallest absolute Gasteiger partial charge is 0.131 e. The number of hydrogen-bond acceptors (Lipinski definition) is 4. The number of nitrogens with one attached hydrogen (secondary N) is 2. The molecule has 6 heteroatoms. The van der Waals surface area contributed by atoms with E-state index >= 15 is 0 Å². The van der Waals surface area contributed by atoms with Gasteiger partial charge in [0.05, 0.1) is 33.8 Å². The molecule has 286 valence electrons. The van der Waals surface area contributed by atoms with E-state index in [1.165, 1.54) is 55.1 Å². The summed E-state index contributed by atoms with van der Waals surface area (Å²) in [6.07, 6.45) is -0.291. The van der Waals surface area contributed by atoms with Crippen molar-refractivity contribution >= 4 is 55.6 Å². The molecule has 12 rings (SSSR count). The number of amidine groups is 1. The van der Waals surface area contributed by atoms with Crippen molar-refractivity contribution in [3.8, 4) is 16.9 Å². The van der Waals surface area contributed by atoms with Crippen molar-refractivity contribution in [1.82, 2.24) is 19.8 Å². The fourth-order valence-corrected chi connectivity index (χ4v) is 9.49. The number of hydrogen-bond donors (Lipinski definition) is 2. The summed E-state index contributed by atoms with van der Waals surface area (Å²) in [6.45, 7) is 0.697. The van der Waals surface area contributed by atoms with Gasteiger partial charge in [0.15, 0.2) is 0 Å². The van der Waals surface area contributed by atoms with Gasteiger partial charge in [0.2, 0.25) is 0 Å². The molecule has 2 aromatic heterocycles. The van der Waals surface area contributed by atoms with Crippen LogP contribution in [0, 0.1) is 0 Å². The lowest BCUT2D eigenvalue weighted by molar-refractivity contribution is 0.409. The summed E-state index contributed by atoms with van der Waals surface area (Å²) in [5.41, 5.74) is 15.1. The lowest BCUT2D eigenvalue weighted by Crippen LogP contribution is -2.44. The summed E-state index contributed by atoms with van der Waals surface area (Å²) < 4.78 is 5.00. The average molecular weight is 773 g/mol. The topological polar surface area (TPSA) is 49.5 Å². The molecule has 0 saturated carbocycles. The summed E-state index contributed by atoms with van der Waals surface area (Å²) in [6, 6.07) is 74.2. The van der Waals surface area contributed by atoms with Crippen LogP contribution in [-0.4, -0.2) is 15.0 Å². The molecule has 0 amide bonds. The number of aliphatic imine (C=N–C) groups is 1. The molecule has 2 aliphatic heterocycles. The zero-order chi connectivity index (χ0) is 39.6. The normalized spacial score (nSPS) is 15.9. The Bertz CT molecular complexity index is 3250. The lowest BCUT2D eigenvalue weighted by Gasteiger charge is -2.32. The Morgan fingerprint density at radius 1 is 0.500 bits per heavy atom. The highest BCUT2D eigenvalue weighted by molar-refractivity contribution is 6.19. The van der Waals surface area contributed by atoms with E-state index in [1.807, 2.05) is 0 Å². The molecule has 2 N–H and O–H groups in total. The predicted octanol–water partition coefficient (Wildman–Crippen LogP) is 12.6. The highest BCUT2D eigenvalue weighted by Crippen LogP contribution is 2.49. The maximum Gasteiger partial charge on any atom is 0.131 e. The minimum absolute atomic E-state index is 0.0988. The van der Waals surface area contributed by atoms with Crippen molar-refractivity contribution in [2.45, 2.75) is 18.9 Å². The zero-order valence-corrected chi connectivity index (χ0v) is 32.8. The van der Waals surface area contributed by atoms with Gasteiger partial charge < -0.3 is 19.4 Å². The number of para-hydroxylation sites is 5. The van der Waals surface area contributed by atoms with Gasteiger partial charge in [-0.25, -0.2) is 4.99 Å². The number of rotatable bonds is 6. The zero-order valence-electron chi connectivity index (χ0n) is 32.8. The fourth-order valence-electron chi connectivity index (χ4n) is 9.49. The van der Waals surface area contributed by atoms with Crippen molar-refractivity contribution in [3.05, 3.63) is 229 Å². The molecule has 8 aromatic carbocycles. The standard InChI is InChI=1S/C54H40N6/c1-4-18-37(19-5-1)52-55-53(38-20-6-2-7-21-38)57-54(56-52)39-22-16-17-36(33-39)35-58-45-27-12-10-25-41(45)42-31-32-47-44(51(42)58)34-50-43-26-11-13-28-46(43)59(40-23-8-3-9-24-40)48-29-14-15-30-49(48)60(47)50/h1-34,52-53,55H,35H2,(H,56,57). The quantitative estimate of drug-likeness (QED) is 0.177. The van der Waals surface area contributed by atoms with Crippen LogP contribution in [0.15, 0.2) is 211 Å². The van der Waals surface area contributed by atoms with E-state index < -0.39 is 0 Å². The van der Waals surface area contributed by atoms with Gasteiger partial charge in [-0.3, -0.25) is 5.32 Å². The largest absolute Gasteiger partial charge is 0.350 e. The first-order chi connectivity index (χ1) is 29.8. The Balaban J connectivity index is 1.02. The highest BCUT2D eigenvalue weighted by atomic mass is 15.3. The van der Waals surface area contributed by atoms with Gasteiger partial charge in [-0.15, -0.1) is 0 Å². The Morgan fingerprint density at radius 3 is 2.00 bits per heavy atom. The van der Waals surface area contributed by atoms with Crippen LogP contribution in [0.1, 0.15) is 34.6 Å².